The van der Waals surface area contributed by atoms with Gasteiger partial charge in [0.2, 0.25) is 23.6 Å². The molecule has 3 heterocycles. The summed E-state index contributed by atoms with van der Waals surface area (Å²) in [4.78, 5) is 56.0. The molecule has 5 aromatic rings. The fourth-order valence-corrected chi connectivity index (χ4v) is 7.19. The maximum Gasteiger partial charge on any atom is 0.247 e. The first kappa shape index (κ1) is 33.8. The van der Waals surface area contributed by atoms with Crippen LogP contribution in [0.4, 0.5) is 11.4 Å². The molecule has 0 aliphatic carbocycles. The number of amides is 4. The van der Waals surface area contributed by atoms with E-state index in [-0.39, 0.29) is 23.6 Å². The van der Waals surface area contributed by atoms with E-state index in [1.54, 1.807) is 15.9 Å². The van der Waals surface area contributed by atoms with Gasteiger partial charge in [-0.2, -0.15) is 0 Å². The molecule has 51 heavy (non-hydrogen) atoms. The van der Waals surface area contributed by atoms with Crippen molar-refractivity contribution in [2.45, 2.75) is 63.5 Å². The third kappa shape index (κ3) is 8.04. The maximum atomic E-state index is 13.3. The number of benzene rings is 4. The van der Waals surface area contributed by atoms with Gasteiger partial charge in [-0.25, -0.2) is 0 Å². The Morgan fingerprint density at radius 3 is 1.67 bits per heavy atom. The summed E-state index contributed by atoms with van der Waals surface area (Å²) in [5, 5.41) is 6.84. The number of furan rings is 1. The first-order valence-electron chi connectivity index (χ1n) is 17.8. The first-order chi connectivity index (χ1) is 24.9. The average Bonchev–Trinajstić information content (AvgIpc) is 3.94. The van der Waals surface area contributed by atoms with Gasteiger partial charge < -0.3 is 24.9 Å². The molecule has 9 heteroatoms. The van der Waals surface area contributed by atoms with Crippen molar-refractivity contribution in [3.05, 3.63) is 120 Å². The Hall–Kier alpha value is -5.70. The third-order valence-electron chi connectivity index (χ3n) is 9.91. The molecule has 0 radical (unpaired) electrons. The molecule has 9 nitrogen and oxygen atoms in total. The van der Waals surface area contributed by atoms with Crippen LogP contribution in [0.1, 0.15) is 49.7 Å². The second-order valence-electron chi connectivity index (χ2n) is 13.4. The highest BCUT2D eigenvalue weighted by molar-refractivity contribution is 6.00. The largest absolute Gasteiger partial charge is 0.456 e. The molecule has 4 aromatic carbocycles. The average molecular weight is 683 g/mol. The van der Waals surface area contributed by atoms with Crippen molar-refractivity contribution in [2.24, 2.45) is 0 Å². The summed E-state index contributed by atoms with van der Waals surface area (Å²) in [5.74, 6) is 0.303. The van der Waals surface area contributed by atoms with Gasteiger partial charge in [0.05, 0.1) is 0 Å². The third-order valence-corrected chi connectivity index (χ3v) is 9.91. The Morgan fingerprint density at radius 2 is 1.12 bits per heavy atom. The number of carbonyl (C=O) groups excluding carboxylic acids is 4. The number of hydrogen-bond acceptors (Lipinski definition) is 5. The Morgan fingerprint density at radius 1 is 0.608 bits per heavy atom. The smallest absolute Gasteiger partial charge is 0.247 e. The van der Waals surface area contributed by atoms with Crippen molar-refractivity contribution in [2.75, 3.05) is 23.7 Å². The monoisotopic (exact) mass is 682 g/mol. The lowest BCUT2D eigenvalue weighted by atomic mass is 10.1. The number of rotatable bonds is 11. The van der Waals surface area contributed by atoms with Gasteiger partial charge in [0, 0.05) is 48.3 Å². The fraction of sp³-hybridized carbons (Fsp3) is 0.286. The van der Waals surface area contributed by atoms with Crippen molar-refractivity contribution in [3.63, 3.8) is 0 Å². The molecular weight excluding hydrogens is 640 g/mol. The van der Waals surface area contributed by atoms with Gasteiger partial charge in [0.15, 0.2) is 0 Å². The lowest BCUT2D eigenvalue weighted by Gasteiger charge is -2.24. The lowest BCUT2D eigenvalue weighted by Crippen LogP contribution is -2.43. The molecule has 2 N–H and O–H groups in total. The summed E-state index contributed by atoms with van der Waals surface area (Å²) in [5.41, 5.74) is 5.02. The van der Waals surface area contributed by atoms with Crippen LogP contribution >= 0.6 is 0 Å². The second-order valence-corrected chi connectivity index (χ2v) is 13.4. The Labute approximate surface area is 297 Å². The van der Waals surface area contributed by atoms with Crippen LogP contribution < -0.4 is 10.6 Å². The van der Waals surface area contributed by atoms with Crippen LogP contribution in [0.15, 0.2) is 114 Å². The van der Waals surface area contributed by atoms with E-state index in [9.17, 15) is 19.2 Å². The lowest BCUT2D eigenvalue weighted by molar-refractivity contribution is -0.136. The molecule has 2 aliphatic heterocycles. The zero-order valence-corrected chi connectivity index (χ0v) is 28.6. The maximum absolute atomic E-state index is 13.3. The fourth-order valence-electron chi connectivity index (χ4n) is 7.19. The predicted molar refractivity (Wildman–Crippen MR) is 198 cm³/mol. The highest BCUT2D eigenvalue weighted by Crippen LogP contribution is 2.31. The molecule has 2 saturated heterocycles. The molecule has 1 aromatic heterocycles. The number of fused-ring (bicyclic) bond motifs is 1. The Balaban J connectivity index is 0.939. The van der Waals surface area contributed by atoms with Crippen LogP contribution in [0.2, 0.25) is 0 Å². The summed E-state index contributed by atoms with van der Waals surface area (Å²) in [6.45, 7) is 1.18. The van der Waals surface area contributed by atoms with Crippen molar-refractivity contribution < 1.29 is 23.6 Å². The van der Waals surface area contributed by atoms with Crippen molar-refractivity contribution in [3.8, 4) is 11.3 Å². The van der Waals surface area contributed by atoms with E-state index < -0.39 is 12.1 Å². The quantitative estimate of drug-likeness (QED) is 0.153. The van der Waals surface area contributed by atoms with Crippen LogP contribution in [0.3, 0.4) is 0 Å². The van der Waals surface area contributed by atoms with Gasteiger partial charge in [-0.05, 0) is 98.2 Å². The molecule has 2 fully saturated rings. The van der Waals surface area contributed by atoms with Gasteiger partial charge in [-0.3, -0.25) is 19.2 Å². The SMILES string of the molecule is O=C(Nc1ccc(-c2cc3cc(NC(=O)[C@@H]4CCCN4C(=O)CCc4ccccc4)ccc3o2)cc1)[C@@H]1CCCN1C(=O)CCc1ccccc1. The van der Waals surface area contributed by atoms with Crippen LogP contribution in [0.25, 0.3) is 22.3 Å². The van der Waals surface area contributed by atoms with E-state index in [1.165, 1.54) is 0 Å². The van der Waals surface area contributed by atoms with Crippen LogP contribution in [0.5, 0.6) is 0 Å². The summed E-state index contributed by atoms with van der Waals surface area (Å²) in [7, 11) is 0. The number of nitrogens with one attached hydrogen (secondary N) is 2. The van der Waals surface area contributed by atoms with Crippen molar-refractivity contribution >= 4 is 46.0 Å². The number of anilines is 2. The van der Waals surface area contributed by atoms with Crippen molar-refractivity contribution in [1.29, 1.82) is 0 Å². The standard InChI is InChI=1S/C42H42N4O5/c47-39(23-15-29-9-3-1-4-10-29)45-25-7-13-35(45)41(49)43-33-19-17-31(18-20-33)38-28-32-27-34(21-22-37(32)51-38)44-42(50)36-14-8-26-46(36)40(48)24-16-30-11-5-2-6-12-30/h1-6,9-12,17-22,27-28,35-36H,7-8,13-16,23-26H2,(H,43,49)(H,44,50)/t35-,36-/m0/s1. The molecule has 4 amide bonds. The van der Waals surface area contributed by atoms with Gasteiger partial charge >= 0.3 is 0 Å². The van der Waals surface area contributed by atoms with Crippen LogP contribution in [-0.2, 0) is 32.0 Å². The molecule has 0 spiro atoms. The minimum absolute atomic E-state index is 0.00200. The molecule has 0 unspecified atom stereocenters. The molecule has 260 valence electrons. The molecule has 0 bridgehead atoms. The van der Waals surface area contributed by atoms with Gasteiger partial charge in [0.25, 0.3) is 0 Å². The second kappa shape index (κ2) is 15.5. The minimum Gasteiger partial charge on any atom is -0.456 e. The van der Waals surface area contributed by atoms with Crippen LogP contribution in [-0.4, -0.2) is 58.6 Å². The first-order valence-corrected chi connectivity index (χ1v) is 17.8. The molecule has 2 aliphatic rings. The number of hydrogen-bond donors (Lipinski definition) is 2. The zero-order valence-electron chi connectivity index (χ0n) is 28.6. The highest BCUT2D eigenvalue weighted by Gasteiger charge is 2.35. The number of likely N-dealkylation sites (tertiary alicyclic amines) is 2. The van der Waals surface area contributed by atoms with Gasteiger partial charge in [0.1, 0.15) is 23.4 Å². The van der Waals surface area contributed by atoms with Crippen LogP contribution in [0, 0.1) is 0 Å². The Kier molecular flexibility index (Phi) is 10.2. The number of aryl methyl sites for hydroxylation is 2. The van der Waals surface area contributed by atoms with E-state index in [0.29, 0.717) is 74.3 Å². The number of nitrogens with zero attached hydrogens (tertiary/aromatic N) is 2. The zero-order chi connectivity index (χ0) is 35.2. The summed E-state index contributed by atoms with van der Waals surface area (Å²) in [6.07, 6.45) is 4.95. The van der Waals surface area contributed by atoms with E-state index in [4.69, 9.17) is 4.42 Å². The van der Waals surface area contributed by atoms with E-state index >= 15 is 0 Å². The Bertz CT molecular complexity index is 2010. The van der Waals surface area contributed by atoms with E-state index in [2.05, 4.69) is 10.6 Å². The minimum atomic E-state index is -0.486. The predicted octanol–water partition coefficient (Wildman–Crippen LogP) is 7.22. The molecule has 0 saturated carbocycles. The topological polar surface area (TPSA) is 112 Å². The highest BCUT2D eigenvalue weighted by atomic mass is 16.3. The normalized spacial score (nSPS) is 17.1. The summed E-state index contributed by atoms with van der Waals surface area (Å²) >= 11 is 0. The van der Waals surface area contributed by atoms with Gasteiger partial charge in [-0.15, -0.1) is 0 Å². The molecular formula is C42H42N4O5. The number of carbonyl (C=O) groups is 4. The van der Waals surface area contributed by atoms with E-state index in [0.717, 1.165) is 34.9 Å². The van der Waals surface area contributed by atoms with E-state index in [1.807, 2.05) is 103 Å². The molecule has 7 rings (SSSR count). The van der Waals surface area contributed by atoms with Crippen molar-refractivity contribution in [1.82, 2.24) is 9.80 Å². The van der Waals surface area contributed by atoms with Gasteiger partial charge in [-0.1, -0.05) is 60.7 Å². The summed E-state index contributed by atoms with van der Waals surface area (Å²) in [6, 6.07) is 33.7. The summed E-state index contributed by atoms with van der Waals surface area (Å²) < 4.78 is 6.13. The molecule has 2 atom stereocenters.